The largest absolute Gasteiger partial charge is 0.492 e. The smallest absolute Gasteiger partial charge is 0.246 e. The molecular formula is C14H17ClN2O2. The molecule has 1 heterocycles. The van der Waals surface area contributed by atoms with Crippen LogP contribution in [-0.4, -0.2) is 19.1 Å². The predicted molar refractivity (Wildman–Crippen MR) is 74.7 cm³/mol. The third kappa shape index (κ3) is 2.55. The monoisotopic (exact) mass is 280 g/mol. The average molecular weight is 281 g/mol. The zero-order valence-electron chi connectivity index (χ0n) is 10.8. The normalized spacial score (nSPS) is 21.2. The fraction of sp³-hybridized carbons (Fsp3) is 0.500. The van der Waals surface area contributed by atoms with Crippen LogP contribution in [0.1, 0.15) is 31.4 Å². The number of hydrogen-bond donors (Lipinski definition) is 2. The fourth-order valence-electron chi connectivity index (χ4n) is 2.27. The van der Waals surface area contributed by atoms with E-state index in [1.165, 1.54) is 12.8 Å². The number of carbonyl (C=O) groups is 1. The van der Waals surface area contributed by atoms with Gasteiger partial charge >= 0.3 is 0 Å². The molecule has 0 radical (unpaired) electrons. The SMILES string of the molecule is CCNC1C(=O)Nc2cc(OCC3CC3)c(Cl)cc21. The minimum Gasteiger partial charge on any atom is -0.492 e. The van der Waals surface area contributed by atoms with E-state index in [-0.39, 0.29) is 11.9 Å². The molecule has 0 spiro atoms. The lowest BCUT2D eigenvalue weighted by atomic mass is 10.1. The number of fused-ring (bicyclic) bond motifs is 1. The Morgan fingerprint density at radius 2 is 2.26 bits per heavy atom. The van der Waals surface area contributed by atoms with Crippen molar-refractivity contribution in [3.05, 3.63) is 22.7 Å². The van der Waals surface area contributed by atoms with Gasteiger partial charge in [0.05, 0.1) is 11.6 Å². The lowest BCUT2D eigenvalue weighted by Crippen LogP contribution is -2.27. The highest BCUT2D eigenvalue weighted by molar-refractivity contribution is 6.32. The first-order valence-electron chi connectivity index (χ1n) is 6.69. The molecule has 1 unspecified atom stereocenters. The average Bonchev–Trinajstić information content (AvgIpc) is 3.15. The molecule has 1 amide bonds. The van der Waals surface area contributed by atoms with Gasteiger partial charge in [-0.1, -0.05) is 18.5 Å². The van der Waals surface area contributed by atoms with E-state index in [2.05, 4.69) is 10.6 Å². The van der Waals surface area contributed by atoms with Crippen LogP contribution in [0.3, 0.4) is 0 Å². The van der Waals surface area contributed by atoms with Gasteiger partial charge in [-0.2, -0.15) is 0 Å². The molecule has 5 heteroatoms. The molecule has 0 bridgehead atoms. The summed E-state index contributed by atoms with van der Waals surface area (Å²) < 4.78 is 5.71. The van der Waals surface area contributed by atoms with Crippen molar-refractivity contribution < 1.29 is 9.53 Å². The van der Waals surface area contributed by atoms with Gasteiger partial charge in [-0.25, -0.2) is 0 Å². The summed E-state index contributed by atoms with van der Waals surface area (Å²) in [6.07, 6.45) is 2.48. The van der Waals surface area contributed by atoms with E-state index in [0.29, 0.717) is 23.3 Å². The van der Waals surface area contributed by atoms with Crippen molar-refractivity contribution in [2.24, 2.45) is 5.92 Å². The maximum absolute atomic E-state index is 11.9. The molecule has 4 nitrogen and oxygen atoms in total. The van der Waals surface area contributed by atoms with Crippen LogP contribution in [0.15, 0.2) is 12.1 Å². The van der Waals surface area contributed by atoms with Gasteiger partial charge in [0.1, 0.15) is 11.8 Å². The second kappa shape index (κ2) is 5.02. The molecule has 1 fully saturated rings. The second-order valence-corrected chi connectivity index (χ2v) is 5.51. The Morgan fingerprint density at radius 3 is 2.95 bits per heavy atom. The van der Waals surface area contributed by atoms with Crippen molar-refractivity contribution in [3.8, 4) is 5.75 Å². The van der Waals surface area contributed by atoms with Gasteiger partial charge in [0.15, 0.2) is 0 Å². The van der Waals surface area contributed by atoms with Crippen molar-refractivity contribution in [2.75, 3.05) is 18.5 Å². The molecule has 0 aromatic heterocycles. The molecule has 1 aliphatic carbocycles. The van der Waals surface area contributed by atoms with Crippen LogP contribution < -0.4 is 15.4 Å². The highest BCUT2D eigenvalue weighted by Gasteiger charge is 2.31. The summed E-state index contributed by atoms with van der Waals surface area (Å²) in [6.45, 7) is 3.41. The number of carbonyl (C=O) groups excluding carboxylic acids is 1. The van der Waals surface area contributed by atoms with E-state index < -0.39 is 0 Å². The molecule has 0 saturated heterocycles. The van der Waals surface area contributed by atoms with Crippen molar-refractivity contribution in [1.29, 1.82) is 0 Å². The highest BCUT2D eigenvalue weighted by Crippen LogP contribution is 2.39. The van der Waals surface area contributed by atoms with E-state index in [9.17, 15) is 4.79 Å². The van der Waals surface area contributed by atoms with Crippen LogP contribution in [0.5, 0.6) is 5.75 Å². The van der Waals surface area contributed by atoms with Crippen LogP contribution in [0, 0.1) is 5.92 Å². The number of ether oxygens (including phenoxy) is 1. The van der Waals surface area contributed by atoms with Gasteiger partial charge in [0.2, 0.25) is 5.91 Å². The van der Waals surface area contributed by atoms with E-state index >= 15 is 0 Å². The Hall–Kier alpha value is -1.26. The maximum atomic E-state index is 11.9. The van der Waals surface area contributed by atoms with E-state index in [1.807, 2.05) is 19.1 Å². The quantitative estimate of drug-likeness (QED) is 0.872. The molecule has 1 aliphatic heterocycles. The Balaban J connectivity index is 1.83. The zero-order valence-corrected chi connectivity index (χ0v) is 11.6. The Labute approximate surface area is 117 Å². The van der Waals surface area contributed by atoms with Gasteiger partial charge in [0.25, 0.3) is 0 Å². The molecule has 19 heavy (non-hydrogen) atoms. The molecule has 102 valence electrons. The topological polar surface area (TPSA) is 50.4 Å². The summed E-state index contributed by atoms with van der Waals surface area (Å²) in [5.41, 5.74) is 1.70. The predicted octanol–water partition coefficient (Wildman–Crippen LogP) is 2.73. The zero-order chi connectivity index (χ0) is 13.4. The van der Waals surface area contributed by atoms with E-state index in [0.717, 1.165) is 17.8 Å². The minimum atomic E-state index is -0.310. The summed E-state index contributed by atoms with van der Waals surface area (Å²) in [5, 5.41) is 6.58. The molecule has 1 saturated carbocycles. The van der Waals surface area contributed by atoms with Crippen LogP contribution in [0.4, 0.5) is 5.69 Å². The van der Waals surface area contributed by atoms with Gasteiger partial charge in [-0.05, 0) is 31.4 Å². The van der Waals surface area contributed by atoms with Crippen molar-refractivity contribution in [3.63, 3.8) is 0 Å². The number of rotatable bonds is 5. The molecule has 1 aromatic rings. The van der Waals surface area contributed by atoms with Crippen molar-refractivity contribution >= 4 is 23.2 Å². The Kier molecular flexibility index (Phi) is 3.37. The number of amides is 1. The first-order chi connectivity index (χ1) is 9.19. The summed E-state index contributed by atoms with van der Waals surface area (Å²) in [7, 11) is 0. The minimum absolute atomic E-state index is 0.0349. The third-order valence-corrected chi connectivity index (χ3v) is 3.81. The van der Waals surface area contributed by atoms with Crippen LogP contribution in [-0.2, 0) is 4.79 Å². The Morgan fingerprint density at radius 1 is 1.47 bits per heavy atom. The second-order valence-electron chi connectivity index (χ2n) is 5.10. The van der Waals surface area contributed by atoms with Crippen LogP contribution >= 0.6 is 11.6 Å². The molecule has 3 rings (SSSR count). The van der Waals surface area contributed by atoms with Crippen molar-refractivity contribution in [1.82, 2.24) is 5.32 Å². The molecular weight excluding hydrogens is 264 g/mol. The summed E-state index contributed by atoms with van der Waals surface area (Å²) >= 11 is 6.23. The van der Waals surface area contributed by atoms with Gasteiger partial charge in [-0.15, -0.1) is 0 Å². The first-order valence-corrected chi connectivity index (χ1v) is 7.07. The number of likely N-dealkylation sites (N-methyl/N-ethyl adjacent to an activating group) is 1. The number of halogens is 1. The van der Waals surface area contributed by atoms with Gasteiger partial charge in [0, 0.05) is 17.3 Å². The van der Waals surface area contributed by atoms with Gasteiger partial charge in [-0.3, -0.25) is 4.79 Å². The maximum Gasteiger partial charge on any atom is 0.246 e. The van der Waals surface area contributed by atoms with E-state index in [4.69, 9.17) is 16.3 Å². The lowest BCUT2D eigenvalue weighted by molar-refractivity contribution is -0.117. The molecule has 2 aliphatic rings. The summed E-state index contributed by atoms with van der Waals surface area (Å²) in [6, 6.07) is 3.34. The molecule has 1 aromatic carbocycles. The number of hydrogen-bond acceptors (Lipinski definition) is 3. The van der Waals surface area contributed by atoms with Crippen LogP contribution in [0.2, 0.25) is 5.02 Å². The van der Waals surface area contributed by atoms with Crippen molar-refractivity contribution in [2.45, 2.75) is 25.8 Å². The third-order valence-electron chi connectivity index (χ3n) is 3.51. The van der Waals surface area contributed by atoms with Crippen LogP contribution in [0.25, 0.3) is 0 Å². The summed E-state index contributed by atoms with van der Waals surface area (Å²) in [5.74, 6) is 1.30. The first kappa shape index (κ1) is 12.8. The Bertz CT molecular complexity index is 514. The highest BCUT2D eigenvalue weighted by atomic mass is 35.5. The molecule has 2 N–H and O–H groups in total. The number of anilines is 1. The summed E-state index contributed by atoms with van der Waals surface area (Å²) in [4.78, 5) is 11.9. The van der Waals surface area contributed by atoms with E-state index in [1.54, 1.807) is 0 Å². The fourth-order valence-corrected chi connectivity index (χ4v) is 2.50. The molecule has 1 atom stereocenters. The number of benzene rings is 1. The lowest BCUT2D eigenvalue weighted by Gasteiger charge is -2.12. The number of nitrogens with one attached hydrogen (secondary N) is 2. The standard InChI is InChI=1S/C14H17ClN2O2/c1-2-16-13-9-5-10(15)12(19-7-8-3-4-8)6-11(9)17-14(13)18/h5-6,8,13,16H,2-4,7H2,1H3,(H,17,18). The van der Waals surface area contributed by atoms with Gasteiger partial charge < -0.3 is 15.4 Å².